The number of sulfonamides is 1. The normalized spacial score (nSPS) is 13.0. The number of hydrogen-bond donors (Lipinski definition) is 3. The van der Waals surface area contributed by atoms with Crippen molar-refractivity contribution in [1.82, 2.24) is 19.6 Å². The topological polar surface area (TPSA) is 288 Å². The number of halogens is 4. The number of rotatable bonds is 43. The number of amides is 1. The minimum Gasteiger partial charge on any atom is -0.420 e. The third kappa shape index (κ3) is 23.4. The number of nitrogens with two attached hydrogens (primary N) is 1. The van der Waals surface area contributed by atoms with Gasteiger partial charge in [0.1, 0.15) is 15.6 Å². The summed E-state index contributed by atoms with van der Waals surface area (Å²) in [5.74, 6) is -11.5. The highest BCUT2D eigenvalue weighted by Gasteiger charge is 2.31. The molecule has 0 saturated heterocycles. The van der Waals surface area contributed by atoms with E-state index in [1.165, 1.54) is 22.1 Å². The molecule has 2 aromatic carbocycles. The Morgan fingerprint density at radius 1 is 0.731 bits per heavy atom. The van der Waals surface area contributed by atoms with Crippen molar-refractivity contribution in [3.8, 4) is 11.4 Å². The lowest BCUT2D eigenvalue weighted by molar-refractivity contribution is -0.180. The molecule has 4 N–H and O–H groups in total. The van der Waals surface area contributed by atoms with E-state index >= 15 is 0 Å². The number of fused-ring (bicyclic) bond motifs is 1. The molecular formula is C48H68F4N6O18S2. The second-order valence-corrected chi connectivity index (χ2v) is 18.7. The number of carbonyl (C=O) groups excluding carboxylic acids is 2. The Labute approximate surface area is 451 Å². The van der Waals surface area contributed by atoms with Crippen LogP contribution in [0.25, 0.3) is 11.8 Å². The maximum absolute atomic E-state index is 14.0. The van der Waals surface area contributed by atoms with Crippen LogP contribution in [0, 0.1) is 23.3 Å². The van der Waals surface area contributed by atoms with Crippen LogP contribution in [0.1, 0.15) is 38.7 Å². The van der Waals surface area contributed by atoms with Crippen LogP contribution < -0.4 is 15.2 Å². The van der Waals surface area contributed by atoms with E-state index in [2.05, 4.69) is 19.6 Å². The standard InChI is InChI=1S/C48H68F4N6O18S2/c1-3-9-58(75-4-2)48(60)36-30-35-5-6-37(32-39(35)56-40(53)31-36)57-34-38(33-54-57)78(63,64)55-8-11-66-13-15-68-17-19-70-21-23-72-25-27-74-29-28-73-26-24-71-22-20-69-18-16-67-14-12-65-10-7-41(59)76-46-42(49)44(51)47(77(61)62)45(52)43(46)50/h5-6,30,32-34,55H,3-4,7-29,31H2,1-2H3,(H2,53,56)(H,61,62). The predicted molar refractivity (Wildman–Crippen MR) is 270 cm³/mol. The van der Waals surface area contributed by atoms with Crippen molar-refractivity contribution in [2.75, 3.05) is 152 Å². The highest BCUT2D eigenvalue weighted by molar-refractivity contribution is 7.89. The minimum atomic E-state index is -3.89. The molecule has 1 aliphatic rings. The van der Waals surface area contributed by atoms with Gasteiger partial charge in [0, 0.05) is 30.6 Å². The molecule has 4 rings (SSSR count). The first kappa shape index (κ1) is 65.6. The van der Waals surface area contributed by atoms with Gasteiger partial charge in [-0.05, 0) is 31.6 Å². The van der Waals surface area contributed by atoms with Crippen LogP contribution in [-0.2, 0) is 82.9 Å². The third-order valence-electron chi connectivity index (χ3n) is 10.2. The molecule has 0 saturated carbocycles. The smallest absolute Gasteiger partial charge is 0.313 e. The molecule has 0 aliphatic carbocycles. The van der Waals surface area contributed by atoms with Crippen LogP contribution in [0.3, 0.4) is 0 Å². The molecule has 1 aliphatic heterocycles. The molecule has 1 amide bonds. The van der Waals surface area contributed by atoms with Crippen LogP contribution in [0.5, 0.6) is 5.75 Å². The lowest BCUT2D eigenvalue weighted by Crippen LogP contribution is -2.34. The molecular weight excluding hydrogens is 1090 g/mol. The number of amidine groups is 1. The first-order chi connectivity index (χ1) is 37.7. The van der Waals surface area contributed by atoms with Crippen LogP contribution in [0.4, 0.5) is 23.2 Å². The summed E-state index contributed by atoms with van der Waals surface area (Å²) in [5.41, 5.74) is 8.35. The molecule has 0 fully saturated rings. The number of aromatic nitrogens is 2. The number of hydrogen-bond acceptors (Lipinski definition) is 20. The van der Waals surface area contributed by atoms with Crippen molar-refractivity contribution in [3.63, 3.8) is 0 Å². The lowest BCUT2D eigenvalue weighted by atomic mass is 10.1. The van der Waals surface area contributed by atoms with Gasteiger partial charge in [0.05, 0.1) is 169 Å². The van der Waals surface area contributed by atoms with Gasteiger partial charge in [0.25, 0.3) is 5.91 Å². The largest absolute Gasteiger partial charge is 0.420 e. The molecule has 78 heavy (non-hydrogen) atoms. The number of hydroxylamine groups is 2. The fourth-order valence-corrected chi connectivity index (χ4v) is 7.99. The van der Waals surface area contributed by atoms with Gasteiger partial charge in [-0.2, -0.15) is 13.9 Å². The van der Waals surface area contributed by atoms with Gasteiger partial charge in [-0.3, -0.25) is 14.4 Å². The third-order valence-corrected chi connectivity index (χ3v) is 12.4. The quantitative estimate of drug-likeness (QED) is 0.0139. The van der Waals surface area contributed by atoms with Crippen LogP contribution in [-0.4, -0.2) is 202 Å². The fraction of sp³-hybridized carbons (Fsp3) is 0.583. The Kier molecular flexibility index (Phi) is 31.2. The summed E-state index contributed by atoms with van der Waals surface area (Å²) in [7, 11) is -3.89. The number of nitrogens with one attached hydrogen (secondary N) is 1. The van der Waals surface area contributed by atoms with Gasteiger partial charge in [-0.15, -0.1) is 0 Å². The Bertz CT molecular complexity index is 2480. The van der Waals surface area contributed by atoms with Gasteiger partial charge in [-0.25, -0.2) is 40.9 Å². The molecule has 3 aromatic rings. The average Bonchev–Trinajstić information content (AvgIpc) is 3.93. The molecule has 1 aromatic heterocycles. The second kappa shape index (κ2) is 37.1. The summed E-state index contributed by atoms with van der Waals surface area (Å²) in [6.07, 6.45) is 4.71. The predicted octanol–water partition coefficient (Wildman–Crippen LogP) is 3.42. The van der Waals surface area contributed by atoms with Crippen molar-refractivity contribution in [2.45, 2.75) is 42.9 Å². The zero-order chi connectivity index (χ0) is 56.5. The maximum Gasteiger partial charge on any atom is 0.313 e. The van der Waals surface area contributed by atoms with Crippen molar-refractivity contribution in [2.24, 2.45) is 10.7 Å². The molecule has 0 bridgehead atoms. The number of benzene rings is 2. The van der Waals surface area contributed by atoms with E-state index in [-0.39, 0.29) is 75.9 Å². The fourth-order valence-electron chi connectivity index (χ4n) is 6.56. The van der Waals surface area contributed by atoms with Crippen molar-refractivity contribution >= 4 is 50.6 Å². The number of carbonyl (C=O) groups is 2. The summed E-state index contributed by atoms with van der Waals surface area (Å²) < 4.78 is 164. The van der Waals surface area contributed by atoms with Crippen LogP contribution in [0.15, 0.2) is 50.9 Å². The van der Waals surface area contributed by atoms with E-state index in [0.717, 1.165) is 6.42 Å². The van der Waals surface area contributed by atoms with E-state index in [9.17, 15) is 39.8 Å². The van der Waals surface area contributed by atoms with Crippen LogP contribution in [0.2, 0.25) is 0 Å². The minimum absolute atomic E-state index is 0.0331. The van der Waals surface area contributed by atoms with Gasteiger partial charge in [0.2, 0.25) is 27.4 Å². The van der Waals surface area contributed by atoms with Crippen molar-refractivity contribution < 1.29 is 101 Å². The summed E-state index contributed by atoms with van der Waals surface area (Å²) in [4.78, 5) is 33.3. The molecule has 0 spiro atoms. The van der Waals surface area contributed by atoms with E-state index in [0.29, 0.717) is 122 Å². The van der Waals surface area contributed by atoms with Crippen LogP contribution >= 0.6 is 0 Å². The Hall–Kier alpha value is -4.90. The lowest BCUT2D eigenvalue weighted by Gasteiger charge is -2.21. The summed E-state index contributed by atoms with van der Waals surface area (Å²) in [6.45, 7) is 10.1. The highest BCUT2D eigenvalue weighted by Crippen LogP contribution is 2.32. The summed E-state index contributed by atoms with van der Waals surface area (Å²) in [5, 5.41) is 5.57. The van der Waals surface area contributed by atoms with Crippen molar-refractivity contribution in [1.29, 1.82) is 0 Å². The molecule has 0 radical (unpaired) electrons. The Morgan fingerprint density at radius 3 is 1.67 bits per heavy atom. The maximum atomic E-state index is 14.0. The molecule has 30 heteroatoms. The molecule has 24 nitrogen and oxygen atoms in total. The zero-order valence-electron chi connectivity index (χ0n) is 43.4. The van der Waals surface area contributed by atoms with E-state index in [1.54, 1.807) is 24.3 Å². The second-order valence-electron chi connectivity index (χ2n) is 16.0. The van der Waals surface area contributed by atoms with E-state index < -0.39 is 67.4 Å². The Balaban J connectivity index is 0.874. The van der Waals surface area contributed by atoms with Gasteiger partial charge in [-0.1, -0.05) is 13.0 Å². The molecule has 1 atom stereocenters. The zero-order valence-corrected chi connectivity index (χ0v) is 45.1. The van der Waals surface area contributed by atoms with Gasteiger partial charge < -0.3 is 62.4 Å². The SMILES string of the molecule is CCCN(OCC)C(=O)C1=Cc2ccc(-n3cc(S(=O)(=O)NCCOCCOCCOCCOCCOCCOCCOCCOCCOCCOCCC(=O)Oc4c(F)c(F)c(S(=O)O)c(F)c4F)cn3)cc2N=C(N)C1. The average molecular weight is 1160 g/mol. The summed E-state index contributed by atoms with van der Waals surface area (Å²) >= 11 is -3.36. The van der Waals surface area contributed by atoms with Gasteiger partial charge >= 0.3 is 5.97 Å². The first-order valence-electron chi connectivity index (χ1n) is 24.8. The molecule has 438 valence electrons. The number of aliphatic imine (C=N–C) groups is 1. The highest BCUT2D eigenvalue weighted by atomic mass is 32.2. The number of ether oxygens (including phenoxy) is 11. The van der Waals surface area contributed by atoms with E-state index in [1.807, 2.05) is 13.8 Å². The number of nitrogens with zero attached hydrogens (tertiary/aromatic N) is 4. The molecule has 2 heterocycles. The van der Waals surface area contributed by atoms with Gasteiger partial charge in [0.15, 0.2) is 22.7 Å². The van der Waals surface area contributed by atoms with E-state index in [4.69, 9.17) is 62.5 Å². The monoisotopic (exact) mass is 1160 g/mol. The summed E-state index contributed by atoms with van der Waals surface area (Å²) in [6, 6.07) is 5.22. The molecule has 1 unspecified atom stereocenters. The number of esters is 1. The Morgan fingerprint density at radius 2 is 1.21 bits per heavy atom. The van der Waals surface area contributed by atoms with Crippen molar-refractivity contribution in [3.05, 3.63) is 65.0 Å². The first-order valence-corrected chi connectivity index (χ1v) is 27.4.